The third-order valence-electron chi connectivity index (χ3n) is 21.0. The molecule has 0 N–H and O–H groups in total. The fraction of sp³-hybridized carbons (Fsp3) is 0.0926. The van der Waals surface area contributed by atoms with Gasteiger partial charge in [-0.2, -0.15) is 0 Å². The molecule has 1 aliphatic heterocycles. The normalized spacial score (nSPS) is 11.4. The van der Waals surface area contributed by atoms with Crippen LogP contribution in [-0.4, -0.2) is 18.0 Å². The molecule has 0 fully saturated rings. The molecule has 16 aromatic carbocycles. The minimum Gasteiger partial charge on any atom is -0.456 e. The van der Waals surface area contributed by atoms with Crippen molar-refractivity contribution in [2.75, 3.05) is 0 Å². The summed E-state index contributed by atoms with van der Waals surface area (Å²) in [5.74, 6) is -0.162. The quantitative estimate of drug-likeness (QED) is 0.131. The summed E-state index contributed by atoms with van der Waals surface area (Å²) < 4.78 is 22.7. The monoisotopic (exact) mass is 1510 g/mol. The van der Waals surface area contributed by atoms with Gasteiger partial charge in [-0.05, 0) is 226 Å². The summed E-state index contributed by atoms with van der Waals surface area (Å²) in [7, 11) is -1.41. The van der Waals surface area contributed by atoms with E-state index in [1.165, 1.54) is 130 Å². The molecule has 0 amide bonds. The Kier molecular flexibility index (Phi) is 24.6. The standard InChI is InChI=1S/C19H15F.C15H16Si.C15H12.C13H10O.C13H10S.C13H12.2C10H9N/c1-14-18(16-10-6-3-7-11-16)12-17(13-19(14)20)15-8-4-2-5-9-15;1-11-8-9-13-12-6-4-5-7-14(12)16(2,3)15(13)10-11;1-11-6-9-15-13(10-11)8-7-12-4-2-3-5-14(12)15;2*1-9-6-7-11-10-4-2-3-5-12(10)14-13(11)8-9;1-11-7-5-6-10-13(11)12-8-3-2-4-9-12;1-8-2-3-9-4-5-11-7-10(9)6-8;1-8-4-5-9-3-2-6-11-10(9)7-8/h2-13H,1H3;4-10H,1-3H3;2-10H,1H3;2*2-8H,1H3;2-10H,1H3;2*2-7H,1H3. The van der Waals surface area contributed by atoms with Crippen molar-refractivity contribution in [1.29, 1.82) is 0 Å². The highest BCUT2D eigenvalue weighted by Crippen LogP contribution is 2.36. The maximum Gasteiger partial charge on any atom is 0.135 e. The number of thiophene rings is 1. The predicted octanol–water partition coefficient (Wildman–Crippen LogP) is 29.6. The van der Waals surface area contributed by atoms with Gasteiger partial charge in [0.2, 0.25) is 0 Å². The summed E-state index contributed by atoms with van der Waals surface area (Å²) in [4.78, 5) is 8.30. The van der Waals surface area contributed by atoms with Crippen molar-refractivity contribution in [3.8, 4) is 44.5 Å². The molecule has 0 unspecified atom stereocenters. The predicted molar refractivity (Wildman–Crippen MR) is 494 cm³/mol. The van der Waals surface area contributed by atoms with Gasteiger partial charge in [0.15, 0.2) is 0 Å². The number of hydrogen-bond donors (Lipinski definition) is 0. The molecule has 558 valence electrons. The molecule has 3 nitrogen and oxygen atoms in total. The number of halogens is 1. The number of pyridine rings is 2. The third kappa shape index (κ3) is 18.5. The minimum atomic E-state index is -1.41. The van der Waals surface area contributed by atoms with Crippen molar-refractivity contribution >= 4 is 115 Å². The van der Waals surface area contributed by atoms with Crippen LogP contribution in [0.25, 0.3) is 130 Å². The molecule has 114 heavy (non-hydrogen) atoms. The average Bonchev–Trinajstić information content (AvgIpc) is 1.58. The second-order valence-electron chi connectivity index (χ2n) is 29.9. The summed E-state index contributed by atoms with van der Waals surface area (Å²) in [5.41, 5.74) is 22.3. The molecule has 0 saturated carbocycles. The molecular formula is C108H93FN2OSSi. The second-order valence-corrected chi connectivity index (χ2v) is 35.3. The molecule has 6 heteroatoms. The Hall–Kier alpha value is -13.0. The lowest BCUT2D eigenvalue weighted by molar-refractivity contribution is 0.619. The second kappa shape index (κ2) is 36.0. The highest BCUT2D eigenvalue weighted by atomic mass is 32.1. The van der Waals surface area contributed by atoms with E-state index in [1.54, 1.807) is 16.4 Å². The maximum atomic E-state index is 14.2. The van der Waals surface area contributed by atoms with E-state index in [2.05, 4.69) is 332 Å². The SMILES string of the molecule is Cc1c(F)cc(-c2ccccc2)cc1-c1ccccc1.Cc1ccc2c(c1)[Si](C)(C)c1ccccc1-2.Cc1ccc2c(c1)oc1ccccc12.Cc1ccc2c(c1)sc1ccccc12.Cc1ccc2c(ccc3ccccc32)c1.Cc1ccc2cccnc2c1.Cc1ccc2ccncc2c1.Cc1ccccc1-c1ccccc1. The highest BCUT2D eigenvalue weighted by molar-refractivity contribution is 7.25. The molecule has 4 aromatic heterocycles. The van der Waals surface area contributed by atoms with Crippen molar-refractivity contribution in [3.63, 3.8) is 0 Å². The van der Waals surface area contributed by atoms with E-state index in [-0.39, 0.29) is 5.82 Å². The van der Waals surface area contributed by atoms with Crippen LogP contribution in [0.2, 0.25) is 13.1 Å². The van der Waals surface area contributed by atoms with E-state index >= 15 is 0 Å². The zero-order valence-electron chi connectivity index (χ0n) is 66.5. The Morgan fingerprint density at radius 3 is 1.52 bits per heavy atom. The van der Waals surface area contributed by atoms with Gasteiger partial charge in [0.25, 0.3) is 0 Å². The van der Waals surface area contributed by atoms with E-state index in [4.69, 9.17) is 4.42 Å². The van der Waals surface area contributed by atoms with Gasteiger partial charge >= 0.3 is 0 Å². The zero-order valence-corrected chi connectivity index (χ0v) is 68.3. The first-order chi connectivity index (χ1) is 55.5. The fourth-order valence-electron chi connectivity index (χ4n) is 14.9. The number of benzene rings is 16. The lowest BCUT2D eigenvalue weighted by Crippen LogP contribution is -2.49. The van der Waals surface area contributed by atoms with Crippen molar-refractivity contribution in [1.82, 2.24) is 9.97 Å². The van der Waals surface area contributed by atoms with Crippen LogP contribution in [0.1, 0.15) is 44.5 Å². The maximum absolute atomic E-state index is 14.2. The number of furan rings is 1. The van der Waals surface area contributed by atoms with Gasteiger partial charge in [-0.1, -0.05) is 333 Å². The Morgan fingerprint density at radius 2 is 0.781 bits per heavy atom. The molecule has 0 spiro atoms. The van der Waals surface area contributed by atoms with Crippen LogP contribution in [0.3, 0.4) is 0 Å². The van der Waals surface area contributed by atoms with E-state index in [0.29, 0.717) is 5.56 Å². The Balaban J connectivity index is 0.000000108. The molecule has 0 aliphatic carbocycles. The van der Waals surface area contributed by atoms with E-state index < -0.39 is 8.07 Å². The van der Waals surface area contributed by atoms with Crippen LogP contribution in [0.5, 0.6) is 0 Å². The van der Waals surface area contributed by atoms with Crippen molar-refractivity contribution in [2.45, 2.75) is 68.5 Å². The van der Waals surface area contributed by atoms with Gasteiger partial charge in [0.05, 0.1) is 5.52 Å². The first-order valence-corrected chi connectivity index (χ1v) is 42.8. The Bertz CT molecular complexity index is 6520. The van der Waals surface area contributed by atoms with Crippen LogP contribution in [0.15, 0.2) is 387 Å². The topological polar surface area (TPSA) is 38.9 Å². The number of para-hydroxylation sites is 1. The number of hydrogen-bond acceptors (Lipinski definition) is 4. The van der Waals surface area contributed by atoms with Gasteiger partial charge in [-0.3, -0.25) is 9.97 Å². The van der Waals surface area contributed by atoms with Gasteiger partial charge in [0.1, 0.15) is 25.1 Å². The van der Waals surface area contributed by atoms with E-state index in [9.17, 15) is 4.39 Å². The smallest absolute Gasteiger partial charge is 0.135 e. The van der Waals surface area contributed by atoms with Crippen LogP contribution in [0, 0.1) is 61.2 Å². The van der Waals surface area contributed by atoms with Crippen LogP contribution < -0.4 is 10.4 Å². The molecule has 1 aliphatic rings. The number of fused-ring (bicyclic) bond motifs is 14. The lowest BCUT2D eigenvalue weighted by Gasteiger charge is -2.18. The first-order valence-electron chi connectivity index (χ1n) is 39.0. The molecule has 0 radical (unpaired) electrons. The lowest BCUT2D eigenvalue weighted by atomic mass is 9.95. The van der Waals surface area contributed by atoms with Crippen LogP contribution >= 0.6 is 11.3 Å². The van der Waals surface area contributed by atoms with Gasteiger partial charge in [0, 0.05) is 60.3 Å². The fourth-order valence-corrected chi connectivity index (χ4v) is 19.3. The summed E-state index contributed by atoms with van der Waals surface area (Å²) >= 11 is 1.88. The van der Waals surface area contributed by atoms with Gasteiger partial charge in [-0.25, -0.2) is 4.39 Å². The zero-order chi connectivity index (χ0) is 79.1. The first kappa shape index (κ1) is 77.7. The minimum absolute atomic E-state index is 0.162. The van der Waals surface area contributed by atoms with Crippen molar-refractivity contribution in [2.24, 2.45) is 0 Å². The Labute approximate surface area is 675 Å². The molecular weight excluding hydrogens is 1420 g/mol. The number of aromatic nitrogens is 2. The van der Waals surface area contributed by atoms with Crippen LogP contribution in [-0.2, 0) is 0 Å². The van der Waals surface area contributed by atoms with Crippen molar-refractivity contribution in [3.05, 3.63) is 433 Å². The summed E-state index contributed by atoms with van der Waals surface area (Å²) in [6, 6.07) is 126. The van der Waals surface area contributed by atoms with Gasteiger partial charge in [-0.15, -0.1) is 11.3 Å². The van der Waals surface area contributed by atoms with E-state index in [1.807, 2.05) is 134 Å². The molecule has 21 rings (SSSR count). The summed E-state index contributed by atoms with van der Waals surface area (Å²) in [6.07, 6.45) is 5.53. The third-order valence-corrected chi connectivity index (χ3v) is 25.7. The van der Waals surface area contributed by atoms with Crippen LogP contribution in [0.4, 0.5) is 4.39 Å². The molecule has 0 bridgehead atoms. The molecule has 5 heterocycles. The van der Waals surface area contributed by atoms with Crippen molar-refractivity contribution < 1.29 is 8.81 Å². The summed E-state index contributed by atoms with van der Waals surface area (Å²) in [5, 5.41) is 17.4. The molecule has 0 saturated heterocycles. The highest BCUT2D eigenvalue weighted by Gasteiger charge is 2.37. The molecule has 20 aromatic rings. The van der Waals surface area contributed by atoms with Gasteiger partial charge < -0.3 is 4.42 Å². The summed E-state index contributed by atoms with van der Waals surface area (Å²) in [6.45, 7) is 21.6. The number of aryl methyl sites for hydroxylation is 7. The Morgan fingerprint density at radius 1 is 0.289 bits per heavy atom. The average molecular weight is 1510 g/mol. The number of rotatable bonds is 3. The van der Waals surface area contributed by atoms with E-state index in [0.717, 1.165) is 38.9 Å². The molecule has 0 atom stereocenters. The number of nitrogens with zero attached hydrogens (tertiary/aromatic N) is 2. The largest absolute Gasteiger partial charge is 0.456 e.